The molecule has 0 bridgehead atoms. The van der Waals surface area contributed by atoms with Crippen LogP contribution in [0, 0.1) is 13.8 Å². The third-order valence-corrected chi connectivity index (χ3v) is 4.39. The fourth-order valence-corrected chi connectivity index (χ4v) is 2.79. The monoisotopic (exact) mass is 360 g/mol. The van der Waals surface area contributed by atoms with Crippen LogP contribution in [0.5, 0.6) is 0 Å². The first-order valence-electron chi connectivity index (χ1n) is 8.33. The van der Waals surface area contributed by atoms with Crippen molar-refractivity contribution in [2.75, 3.05) is 5.32 Å². The SMILES string of the molecule is Cc1cc2oc(C(=O)Nc3cccc(-n4cnnc4)c3)cc(=O)c2cc1C. The van der Waals surface area contributed by atoms with Crippen LogP contribution in [0.25, 0.3) is 16.7 Å². The number of benzene rings is 2. The van der Waals surface area contributed by atoms with Gasteiger partial charge in [-0.2, -0.15) is 0 Å². The maximum absolute atomic E-state index is 12.6. The smallest absolute Gasteiger partial charge is 0.291 e. The maximum atomic E-state index is 12.6. The predicted molar refractivity (Wildman–Crippen MR) is 101 cm³/mol. The van der Waals surface area contributed by atoms with Gasteiger partial charge in [0.1, 0.15) is 18.2 Å². The maximum Gasteiger partial charge on any atom is 0.291 e. The van der Waals surface area contributed by atoms with Gasteiger partial charge in [0.05, 0.1) is 11.1 Å². The molecule has 4 aromatic rings. The molecule has 0 saturated heterocycles. The van der Waals surface area contributed by atoms with E-state index in [4.69, 9.17) is 4.42 Å². The lowest BCUT2D eigenvalue weighted by molar-refractivity contribution is 0.0997. The second-order valence-corrected chi connectivity index (χ2v) is 6.28. The minimum absolute atomic E-state index is 0.0366. The highest BCUT2D eigenvalue weighted by molar-refractivity contribution is 6.03. The van der Waals surface area contributed by atoms with Crippen molar-refractivity contribution in [3.05, 3.63) is 82.2 Å². The Hall–Kier alpha value is -3.74. The summed E-state index contributed by atoms with van der Waals surface area (Å²) in [5, 5.41) is 10.7. The first-order chi connectivity index (χ1) is 13.0. The molecule has 0 saturated carbocycles. The van der Waals surface area contributed by atoms with Gasteiger partial charge in [0, 0.05) is 11.8 Å². The number of carbonyl (C=O) groups excluding carboxylic acids is 1. The minimum Gasteiger partial charge on any atom is -0.451 e. The zero-order chi connectivity index (χ0) is 19.0. The Kier molecular flexibility index (Phi) is 4.04. The van der Waals surface area contributed by atoms with Crippen LogP contribution in [0.1, 0.15) is 21.7 Å². The van der Waals surface area contributed by atoms with Gasteiger partial charge in [0.15, 0.2) is 11.2 Å². The van der Waals surface area contributed by atoms with E-state index in [2.05, 4.69) is 15.5 Å². The second kappa shape index (κ2) is 6.53. The lowest BCUT2D eigenvalue weighted by Gasteiger charge is -2.08. The van der Waals surface area contributed by atoms with Crippen molar-refractivity contribution in [1.29, 1.82) is 0 Å². The van der Waals surface area contributed by atoms with Gasteiger partial charge in [-0.1, -0.05) is 6.07 Å². The molecule has 0 aliphatic carbocycles. The highest BCUT2D eigenvalue weighted by atomic mass is 16.3. The molecule has 7 heteroatoms. The zero-order valence-electron chi connectivity index (χ0n) is 14.8. The first-order valence-corrected chi connectivity index (χ1v) is 8.33. The van der Waals surface area contributed by atoms with E-state index in [1.807, 2.05) is 19.9 Å². The minimum atomic E-state index is -0.492. The molecule has 0 spiro atoms. The van der Waals surface area contributed by atoms with Crippen molar-refractivity contribution < 1.29 is 9.21 Å². The Morgan fingerprint density at radius 1 is 1.04 bits per heavy atom. The van der Waals surface area contributed by atoms with Gasteiger partial charge >= 0.3 is 0 Å². The summed E-state index contributed by atoms with van der Waals surface area (Å²) in [4.78, 5) is 25.0. The van der Waals surface area contributed by atoms with Crippen LogP contribution in [0.3, 0.4) is 0 Å². The molecule has 7 nitrogen and oxygen atoms in total. The molecule has 2 aromatic carbocycles. The van der Waals surface area contributed by atoms with Crippen molar-refractivity contribution in [2.45, 2.75) is 13.8 Å². The molecule has 134 valence electrons. The Labute approximate surface area is 154 Å². The molecule has 1 N–H and O–H groups in total. The number of nitrogens with zero attached hydrogens (tertiary/aromatic N) is 3. The number of aromatic nitrogens is 3. The van der Waals surface area contributed by atoms with Crippen LogP contribution in [-0.4, -0.2) is 20.7 Å². The molecule has 0 aliphatic rings. The number of carbonyl (C=O) groups is 1. The summed E-state index contributed by atoms with van der Waals surface area (Å²) in [6.07, 6.45) is 3.13. The predicted octanol–water partition coefficient (Wildman–Crippen LogP) is 3.24. The average molecular weight is 360 g/mol. The molecule has 0 aliphatic heterocycles. The highest BCUT2D eigenvalue weighted by Crippen LogP contribution is 2.19. The van der Waals surface area contributed by atoms with Gasteiger partial charge in [0.2, 0.25) is 0 Å². The van der Waals surface area contributed by atoms with Gasteiger partial charge < -0.3 is 9.73 Å². The number of fused-ring (bicyclic) bond motifs is 1. The van der Waals surface area contributed by atoms with Crippen LogP contribution < -0.4 is 10.7 Å². The largest absolute Gasteiger partial charge is 0.451 e. The molecule has 2 heterocycles. The van der Waals surface area contributed by atoms with Crippen molar-refractivity contribution >= 4 is 22.6 Å². The van der Waals surface area contributed by atoms with Crippen molar-refractivity contribution in [1.82, 2.24) is 14.8 Å². The van der Waals surface area contributed by atoms with Crippen LogP contribution in [0.4, 0.5) is 5.69 Å². The molecule has 2 aromatic heterocycles. The molecular weight excluding hydrogens is 344 g/mol. The van der Waals surface area contributed by atoms with E-state index in [-0.39, 0.29) is 11.2 Å². The fourth-order valence-electron chi connectivity index (χ4n) is 2.79. The van der Waals surface area contributed by atoms with Crippen molar-refractivity contribution in [3.8, 4) is 5.69 Å². The van der Waals surface area contributed by atoms with Crippen LogP contribution >= 0.6 is 0 Å². The normalized spacial score (nSPS) is 10.9. The Morgan fingerprint density at radius 2 is 1.78 bits per heavy atom. The van der Waals surface area contributed by atoms with E-state index in [1.54, 1.807) is 47.6 Å². The standard InChI is InChI=1S/C20H16N4O3/c1-12-6-16-17(25)9-19(27-18(16)7-13(12)2)20(26)23-14-4-3-5-15(8-14)24-10-21-22-11-24/h3-11H,1-2H3,(H,23,26). The zero-order valence-corrected chi connectivity index (χ0v) is 14.8. The van der Waals surface area contributed by atoms with E-state index in [9.17, 15) is 9.59 Å². The van der Waals surface area contributed by atoms with E-state index in [1.165, 1.54) is 6.07 Å². The molecule has 0 unspecified atom stereocenters. The lowest BCUT2D eigenvalue weighted by atomic mass is 10.1. The number of hydrogen-bond donors (Lipinski definition) is 1. The van der Waals surface area contributed by atoms with Crippen LogP contribution in [-0.2, 0) is 0 Å². The molecule has 1 amide bonds. The van der Waals surface area contributed by atoms with Gasteiger partial charge in [0.25, 0.3) is 5.91 Å². The molecule has 0 fully saturated rings. The average Bonchev–Trinajstić information content (AvgIpc) is 3.18. The number of hydrogen-bond acceptors (Lipinski definition) is 5. The summed E-state index contributed by atoms with van der Waals surface area (Å²) in [5.41, 5.74) is 3.50. The van der Waals surface area contributed by atoms with Gasteiger partial charge in [-0.15, -0.1) is 10.2 Å². The fraction of sp³-hybridized carbons (Fsp3) is 0.100. The Bertz CT molecular complexity index is 1210. The third kappa shape index (κ3) is 3.22. The summed E-state index contributed by atoms with van der Waals surface area (Å²) in [5.74, 6) is -0.529. The molecule has 0 atom stereocenters. The van der Waals surface area contributed by atoms with E-state index in [0.717, 1.165) is 16.8 Å². The van der Waals surface area contributed by atoms with Crippen molar-refractivity contribution in [3.63, 3.8) is 0 Å². The third-order valence-electron chi connectivity index (χ3n) is 4.39. The van der Waals surface area contributed by atoms with E-state index < -0.39 is 5.91 Å². The summed E-state index contributed by atoms with van der Waals surface area (Å²) in [6.45, 7) is 3.86. The van der Waals surface area contributed by atoms with Gasteiger partial charge in [-0.05, 0) is 55.3 Å². The Morgan fingerprint density at radius 3 is 2.56 bits per heavy atom. The molecule has 27 heavy (non-hydrogen) atoms. The number of rotatable bonds is 3. The first kappa shape index (κ1) is 16.7. The summed E-state index contributed by atoms with van der Waals surface area (Å²) in [7, 11) is 0. The Balaban J connectivity index is 1.66. The van der Waals surface area contributed by atoms with Crippen LogP contribution in [0.15, 0.2) is 64.3 Å². The second-order valence-electron chi connectivity index (χ2n) is 6.28. The quantitative estimate of drug-likeness (QED) is 0.606. The van der Waals surface area contributed by atoms with E-state index in [0.29, 0.717) is 16.7 Å². The van der Waals surface area contributed by atoms with Crippen molar-refractivity contribution in [2.24, 2.45) is 0 Å². The number of amides is 1. The van der Waals surface area contributed by atoms with Gasteiger partial charge in [-0.25, -0.2) is 0 Å². The number of anilines is 1. The van der Waals surface area contributed by atoms with E-state index >= 15 is 0 Å². The van der Waals surface area contributed by atoms with Crippen LogP contribution in [0.2, 0.25) is 0 Å². The molecule has 0 radical (unpaired) electrons. The number of aryl methyl sites for hydroxylation is 2. The highest BCUT2D eigenvalue weighted by Gasteiger charge is 2.14. The number of nitrogens with one attached hydrogen (secondary N) is 1. The topological polar surface area (TPSA) is 90.0 Å². The summed E-state index contributed by atoms with van der Waals surface area (Å²) >= 11 is 0. The summed E-state index contributed by atoms with van der Waals surface area (Å²) in [6, 6.07) is 12.0. The summed E-state index contributed by atoms with van der Waals surface area (Å²) < 4.78 is 7.40. The lowest BCUT2D eigenvalue weighted by Crippen LogP contribution is -2.15. The van der Waals surface area contributed by atoms with Gasteiger partial charge in [-0.3, -0.25) is 14.2 Å². The molecule has 4 rings (SSSR count). The molecular formula is C20H16N4O3.